The molecule has 4 amide bonds. The number of sulfonamides is 1. The van der Waals surface area contributed by atoms with Crippen molar-refractivity contribution >= 4 is 44.6 Å². The fraction of sp³-hybridized carbons (Fsp3) is 0.634. The van der Waals surface area contributed by atoms with Gasteiger partial charge in [0.05, 0.1) is 17.9 Å². The first-order valence-electron chi connectivity index (χ1n) is 20.0. The first kappa shape index (κ1) is 43.0. The lowest BCUT2D eigenvalue weighted by Gasteiger charge is -2.47. The number of carboxylic acid groups (broad SMARTS) is 1. The molecular formula is C41H55F2N5O9S. The molecule has 2 saturated carbocycles. The maximum Gasteiger partial charge on any atom is 0.408 e. The summed E-state index contributed by atoms with van der Waals surface area (Å²) in [6.07, 6.45) is 3.07. The molecule has 4 aliphatic rings. The lowest BCUT2D eigenvalue weighted by molar-refractivity contribution is -0.156. The molecule has 0 unspecified atom stereocenters. The Morgan fingerprint density at radius 1 is 1.14 bits per heavy atom. The van der Waals surface area contributed by atoms with Crippen molar-refractivity contribution in [1.82, 2.24) is 24.8 Å². The van der Waals surface area contributed by atoms with E-state index < -0.39 is 85.6 Å². The van der Waals surface area contributed by atoms with Crippen molar-refractivity contribution in [3.05, 3.63) is 42.5 Å². The van der Waals surface area contributed by atoms with Crippen LogP contribution in [0.4, 0.5) is 13.6 Å². The largest absolute Gasteiger partial charge is 0.478 e. The number of nitrogens with zero attached hydrogens (tertiary/aromatic N) is 3. The Morgan fingerprint density at radius 2 is 1.83 bits per heavy atom. The average molecular weight is 832 g/mol. The molecule has 2 aliphatic heterocycles. The van der Waals surface area contributed by atoms with E-state index in [1.54, 1.807) is 45.0 Å². The van der Waals surface area contributed by atoms with Crippen LogP contribution < -0.4 is 19.5 Å². The molecule has 2 aromatic rings. The number of ether oxygens (including phenoxy) is 2. The summed E-state index contributed by atoms with van der Waals surface area (Å²) in [7, 11) is -4.09. The predicted octanol–water partition coefficient (Wildman–Crippen LogP) is 5.65. The van der Waals surface area contributed by atoms with Gasteiger partial charge in [-0.25, -0.2) is 22.0 Å². The van der Waals surface area contributed by atoms with Crippen LogP contribution in [0.1, 0.15) is 93.4 Å². The van der Waals surface area contributed by atoms with Crippen molar-refractivity contribution in [3.63, 3.8) is 0 Å². The predicted molar refractivity (Wildman–Crippen MR) is 211 cm³/mol. The number of carbonyl (C=O) groups is 4. The zero-order valence-corrected chi connectivity index (χ0v) is 34.9. The minimum atomic E-state index is -4.09. The number of pyridine rings is 1. The second kappa shape index (κ2) is 15.6. The molecule has 14 nitrogen and oxygen atoms in total. The highest BCUT2D eigenvalue weighted by Gasteiger charge is 2.63. The molecule has 3 fully saturated rings. The van der Waals surface area contributed by atoms with Crippen molar-refractivity contribution in [2.45, 2.75) is 133 Å². The number of hydrogen-bond donors (Lipinski definition) is 3. The topological polar surface area (TPSA) is 185 Å². The Labute approximate surface area is 338 Å². The van der Waals surface area contributed by atoms with Gasteiger partial charge < -0.3 is 24.8 Å². The van der Waals surface area contributed by atoms with Gasteiger partial charge in [-0.1, -0.05) is 44.2 Å². The van der Waals surface area contributed by atoms with Crippen molar-refractivity contribution in [1.29, 1.82) is 0 Å². The Morgan fingerprint density at radius 3 is 2.47 bits per heavy atom. The summed E-state index contributed by atoms with van der Waals surface area (Å²) in [5, 5.41) is 14.8. The van der Waals surface area contributed by atoms with Gasteiger partial charge in [-0.2, -0.15) is 4.98 Å². The Kier molecular flexibility index (Phi) is 11.6. The van der Waals surface area contributed by atoms with E-state index in [-0.39, 0.29) is 43.5 Å². The fourth-order valence-corrected chi connectivity index (χ4v) is 9.58. The number of hydrogen-bond acceptors (Lipinski definition) is 9. The molecule has 1 aromatic carbocycles. The zero-order valence-electron chi connectivity index (χ0n) is 34.1. The van der Waals surface area contributed by atoms with Crippen LogP contribution in [0.25, 0.3) is 10.8 Å². The highest BCUT2D eigenvalue weighted by molar-refractivity contribution is 7.91. The monoisotopic (exact) mass is 831 g/mol. The van der Waals surface area contributed by atoms with E-state index >= 15 is 13.6 Å². The van der Waals surface area contributed by atoms with Gasteiger partial charge in [0.1, 0.15) is 29.3 Å². The minimum absolute atomic E-state index is 0.0931. The molecule has 7 atom stereocenters. The molecule has 0 radical (unpaired) electrons. The van der Waals surface area contributed by atoms with Crippen LogP contribution >= 0.6 is 0 Å². The third-order valence-corrected chi connectivity index (χ3v) is 14.8. The number of allylic oxidation sites excluding steroid dienone is 1. The van der Waals surface area contributed by atoms with E-state index in [0.717, 1.165) is 24.1 Å². The maximum atomic E-state index is 15.4. The number of halogens is 2. The maximum absolute atomic E-state index is 15.4. The molecule has 3 N–H and O–H groups in total. The van der Waals surface area contributed by atoms with Crippen LogP contribution in [0, 0.1) is 17.8 Å². The number of benzene rings is 1. The fourth-order valence-electron chi connectivity index (χ4n) is 8.27. The molecule has 58 heavy (non-hydrogen) atoms. The molecule has 1 saturated heterocycles. The standard InChI is InChI=1S/C41H55F2N5O9S/c1-8-56-31-20-26-14-10-12-16-29(26)34(44-31)57-28-21-30-33(49)45-41(36(51)46-58(54,55)39(6)17-18-39)22-27(41)15-11-9-13-24(2)19-25(3)32(35(50)47(30)23-28)48(37(52)53)38(4,5)40(7,42)43/h10-12,14-16,20,24-25,27-28,30,32H,8-9,13,17-19,21-23H2,1-7H3,(H,45,49)(H,46,51)(H,52,53)/t24-,25-,27-,28-,30+,32+,41-/m1/s1. The van der Waals surface area contributed by atoms with Crippen LogP contribution in [0.3, 0.4) is 0 Å². The van der Waals surface area contributed by atoms with Gasteiger partial charge >= 0.3 is 6.09 Å². The number of rotatable bonds is 10. The molecule has 1 aromatic heterocycles. The number of carbonyl (C=O) groups excluding carboxylic acids is 3. The van der Waals surface area contributed by atoms with Gasteiger partial charge in [-0.15, -0.1) is 0 Å². The second-order valence-electron chi connectivity index (χ2n) is 17.4. The van der Waals surface area contributed by atoms with E-state index in [0.29, 0.717) is 49.5 Å². The summed E-state index contributed by atoms with van der Waals surface area (Å²) < 4.78 is 70.5. The smallest absolute Gasteiger partial charge is 0.408 e. The molecule has 0 spiro atoms. The van der Waals surface area contributed by atoms with E-state index in [4.69, 9.17) is 9.47 Å². The van der Waals surface area contributed by atoms with Gasteiger partial charge in [0.2, 0.25) is 33.6 Å². The summed E-state index contributed by atoms with van der Waals surface area (Å²) in [4.78, 5) is 63.1. The van der Waals surface area contributed by atoms with E-state index in [2.05, 4.69) is 15.0 Å². The highest BCUT2D eigenvalue weighted by Crippen LogP contribution is 2.48. The van der Waals surface area contributed by atoms with Crippen molar-refractivity contribution in [3.8, 4) is 11.8 Å². The van der Waals surface area contributed by atoms with Crippen LogP contribution in [0.5, 0.6) is 11.8 Å². The van der Waals surface area contributed by atoms with Gasteiger partial charge in [0.25, 0.3) is 11.8 Å². The number of nitrogens with one attached hydrogen (secondary N) is 2. The lowest BCUT2D eigenvalue weighted by atomic mass is 9.84. The average Bonchev–Trinajstić information content (AvgIpc) is 4.01. The number of aromatic nitrogens is 1. The van der Waals surface area contributed by atoms with Crippen LogP contribution in [0.2, 0.25) is 0 Å². The van der Waals surface area contributed by atoms with E-state index in [1.807, 2.05) is 25.1 Å². The highest BCUT2D eigenvalue weighted by atomic mass is 32.2. The first-order chi connectivity index (χ1) is 27.0. The molecule has 2 aliphatic carbocycles. The Balaban J connectivity index is 1.43. The van der Waals surface area contributed by atoms with Crippen LogP contribution in [-0.4, -0.2) is 105 Å². The first-order valence-corrected chi connectivity index (χ1v) is 21.5. The minimum Gasteiger partial charge on any atom is -0.478 e. The molecule has 3 heterocycles. The van der Waals surface area contributed by atoms with Crippen LogP contribution in [0.15, 0.2) is 42.5 Å². The van der Waals surface area contributed by atoms with Gasteiger partial charge in [-0.3, -0.25) is 24.0 Å². The summed E-state index contributed by atoms with van der Waals surface area (Å²) in [5.41, 5.74) is -4.04. The molecule has 318 valence electrons. The summed E-state index contributed by atoms with van der Waals surface area (Å²) >= 11 is 0. The van der Waals surface area contributed by atoms with Crippen LogP contribution in [-0.2, 0) is 24.4 Å². The summed E-state index contributed by atoms with van der Waals surface area (Å²) in [6, 6.07) is 5.95. The SMILES string of the molecule is CCOc1cc2ccccc2c(O[C@@H]2C[C@H]3C(=O)N[C@]4(C(=O)NS(=O)(=O)C5(C)CC5)C[C@H]4C=CCC[C@@H](C)C[C@@H](C)[C@H](N(C(=O)O)C(C)(C)C(C)(F)F)C(=O)N3C2)n1. The number of amides is 4. The normalized spacial score (nSPS) is 28.9. The second-order valence-corrected chi connectivity index (χ2v) is 19.6. The molecule has 0 bridgehead atoms. The number of fused-ring (bicyclic) bond motifs is 3. The van der Waals surface area contributed by atoms with Gasteiger partial charge in [0.15, 0.2) is 0 Å². The summed E-state index contributed by atoms with van der Waals surface area (Å²) in [6.45, 7) is 9.70. The third kappa shape index (κ3) is 8.19. The Hall–Kier alpha value is -4.54. The number of alkyl halides is 2. The molecular weight excluding hydrogens is 777 g/mol. The summed E-state index contributed by atoms with van der Waals surface area (Å²) in [5.74, 6) is -7.20. The quantitative estimate of drug-likeness (QED) is 0.253. The van der Waals surface area contributed by atoms with Crippen molar-refractivity contribution in [2.24, 2.45) is 17.8 Å². The Bertz CT molecular complexity index is 2090. The van der Waals surface area contributed by atoms with Crippen molar-refractivity contribution < 1.29 is 51.0 Å². The van der Waals surface area contributed by atoms with E-state index in [9.17, 15) is 27.9 Å². The van der Waals surface area contributed by atoms with Crippen molar-refractivity contribution in [2.75, 3.05) is 13.2 Å². The van der Waals surface area contributed by atoms with E-state index in [1.165, 1.54) is 0 Å². The molecule has 17 heteroatoms. The zero-order chi connectivity index (χ0) is 42.6. The lowest BCUT2D eigenvalue weighted by Crippen LogP contribution is -2.66. The molecule has 6 rings (SSSR count). The van der Waals surface area contributed by atoms with Gasteiger partial charge in [0, 0.05) is 30.7 Å². The third-order valence-electron chi connectivity index (χ3n) is 12.6. The van der Waals surface area contributed by atoms with Gasteiger partial charge in [-0.05, 0) is 89.5 Å².